The summed E-state index contributed by atoms with van der Waals surface area (Å²) in [5.74, 6) is 1.19. The van der Waals surface area contributed by atoms with Gasteiger partial charge in [-0.2, -0.15) is 13.2 Å². The Balaban J connectivity index is 1.33. The lowest BCUT2D eigenvalue weighted by Crippen LogP contribution is -2.53. The van der Waals surface area contributed by atoms with Crippen LogP contribution in [0.4, 0.5) is 24.8 Å². The molecule has 0 bridgehead atoms. The number of nitrogens with zero attached hydrogens (tertiary/aromatic N) is 7. The number of piperazine rings is 1. The standard InChI is InChI=1S/C31H39F3N8O/c1-19(2)25-17-39(3)8-9-41(25)15-20-10-22-23(24(11-20)31(32,33)34)16-42(29(22)43)27-13-21(12-26(35)37-27)30(6-5-7-30)14-28-38-36-18-40(28)4/h10-13,18-19,25H,5-9,14-17H2,1-4H3,(H2,35,37)/t25-/m1/s1. The Hall–Kier alpha value is -3.51. The molecule has 1 saturated heterocycles. The number of carbonyl (C=O) groups is 1. The van der Waals surface area contributed by atoms with Gasteiger partial charge in [0.25, 0.3) is 5.91 Å². The van der Waals surface area contributed by atoms with Crippen LogP contribution in [-0.2, 0) is 38.1 Å². The van der Waals surface area contributed by atoms with Gasteiger partial charge in [-0.3, -0.25) is 14.6 Å². The first-order chi connectivity index (χ1) is 20.3. The van der Waals surface area contributed by atoms with Crippen molar-refractivity contribution in [1.29, 1.82) is 0 Å². The number of nitrogen functional groups attached to an aromatic ring is 1. The number of anilines is 2. The molecule has 0 unspecified atom stereocenters. The number of rotatable bonds is 7. The van der Waals surface area contributed by atoms with Crippen LogP contribution in [-0.4, -0.2) is 68.2 Å². The van der Waals surface area contributed by atoms with Crippen molar-refractivity contribution in [3.05, 3.63) is 64.2 Å². The number of aryl methyl sites for hydroxylation is 1. The lowest BCUT2D eigenvalue weighted by atomic mass is 9.62. The molecule has 2 aliphatic heterocycles. The highest BCUT2D eigenvalue weighted by Crippen LogP contribution is 2.47. The maximum absolute atomic E-state index is 14.5. The maximum Gasteiger partial charge on any atom is 0.416 e. The third-order valence-corrected chi connectivity index (χ3v) is 9.63. The first-order valence-corrected chi connectivity index (χ1v) is 14.9. The summed E-state index contributed by atoms with van der Waals surface area (Å²) in [7, 11) is 3.96. The topological polar surface area (TPSA) is 96.4 Å². The lowest BCUT2D eigenvalue weighted by molar-refractivity contribution is -0.138. The zero-order valence-corrected chi connectivity index (χ0v) is 25.2. The molecule has 1 aliphatic carbocycles. The van der Waals surface area contributed by atoms with Crippen LogP contribution in [0.15, 0.2) is 30.6 Å². The van der Waals surface area contributed by atoms with Crippen molar-refractivity contribution in [1.82, 2.24) is 29.5 Å². The number of hydrogen-bond acceptors (Lipinski definition) is 7. The van der Waals surface area contributed by atoms with Crippen LogP contribution < -0.4 is 10.6 Å². The van der Waals surface area contributed by atoms with E-state index in [4.69, 9.17) is 5.73 Å². The molecule has 0 spiro atoms. The Morgan fingerprint density at radius 1 is 1.12 bits per heavy atom. The molecule has 2 aromatic heterocycles. The second kappa shape index (κ2) is 10.9. The van der Waals surface area contributed by atoms with Gasteiger partial charge in [-0.05, 0) is 66.8 Å². The van der Waals surface area contributed by atoms with Crippen molar-refractivity contribution < 1.29 is 18.0 Å². The molecule has 6 rings (SSSR count). The third kappa shape index (κ3) is 5.50. The number of benzene rings is 1. The molecule has 1 aromatic carbocycles. The highest BCUT2D eigenvalue weighted by molar-refractivity contribution is 6.10. The van der Waals surface area contributed by atoms with E-state index in [0.717, 1.165) is 50.3 Å². The number of aromatic nitrogens is 4. The average molecular weight is 597 g/mol. The number of halogens is 3. The fourth-order valence-corrected chi connectivity index (χ4v) is 6.97. The number of hydrogen-bond donors (Lipinski definition) is 1. The van der Waals surface area contributed by atoms with Crippen LogP contribution in [0.1, 0.15) is 71.5 Å². The normalized spacial score (nSPS) is 21.0. The second-order valence-electron chi connectivity index (χ2n) is 12.9. The quantitative estimate of drug-likeness (QED) is 0.432. The fraction of sp³-hybridized carbons (Fsp3) is 0.548. The van der Waals surface area contributed by atoms with E-state index in [0.29, 0.717) is 24.4 Å². The first kappa shape index (κ1) is 29.6. The van der Waals surface area contributed by atoms with E-state index in [9.17, 15) is 18.0 Å². The third-order valence-electron chi connectivity index (χ3n) is 9.63. The van der Waals surface area contributed by atoms with Crippen LogP contribution >= 0.6 is 0 Å². The molecular weight excluding hydrogens is 557 g/mol. The zero-order valence-electron chi connectivity index (χ0n) is 25.2. The van der Waals surface area contributed by atoms with E-state index < -0.39 is 17.6 Å². The number of carbonyl (C=O) groups excluding carboxylic acids is 1. The van der Waals surface area contributed by atoms with Gasteiger partial charge in [0, 0.05) is 56.7 Å². The molecule has 3 aliphatic rings. The summed E-state index contributed by atoms with van der Waals surface area (Å²) in [6, 6.07) is 6.73. The molecule has 0 radical (unpaired) electrons. The monoisotopic (exact) mass is 596 g/mol. The van der Waals surface area contributed by atoms with Crippen molar-refractivity contribution in [2.75, 3.05) is 37.3 Å². The maximum atomic E-state index is 14.5. The molecular formula is C31H39F3N8O. The minimum absolute atomic E-state index is 0.0109. The summed E-state index contributed by atoms with van der Waals surface area (Å²) < 4.78 is 45.3. The molecule has 1 saturated carbocycles. The predicted molar refractivity (Wildman–Crippen MR) is 157 cm³/mol. The minimum Gasteiger partial charge on any atom is -0.384 e. The molecule has 9 nitrogen and oxygen atoms in total. The van der Waals surface area contributed by atoms with E-state index in [1.54, 1.807) is 12.4 Å². The molecule has 230 valence electrons. The van der Waals surface area contributed by atoms with Gasteiger partial charge < -0.3 is 15.2 Å². The van der Waals surface area contributed by atoms with Crippen molar-refractivity contribution in [2.24, 2.45) is 13.0 Å². The largest absolute Gasteiger partial charge is 0.416 e. The highest BCUT2D eigenvalue weighted by Gasteiger charge is 2.43. The van der Waals surface area contributed by atoms with Gasteiger partial charge in [0.05, 0.1) is 12.1 Å². The van der Waals surface area contributed by atoms with Crippen molar-refractivity contribution in [3.8, 4) is 0 Å². The van der Waals surface area contributed by atoms with Gasteiger partial charge in [-0.15, -0.1) is 10.2 Å². The van der Waals surface area contributed by atoms with Crippen molar-refractivity contribution in [2.45, 2.75) is 70.3 Å². The molecule has 2 N–H and O–H groups in total. The van der Waals surface area contributed by atoms with Crippen LogP contribution in [0.3, 0.4) is 0 Å². The van der Waals surface area contributed by atoms with E-state index in [1.165, 1.54) is 11.0 Å². The number of likely N-dealkylation sites (N-methyl/N-ethyl adjacent to an activating group) is 1. The number of pyridine rings is 1. The predicted octanol–water partition coefficient (Wildman–Crippen LogP) is 4.41. The molecule has 2 fully saturated rings. The zero-order chi connectivity index (χ0) is 30.7. The first-order valence-electron chi connectivity index (χ1n) is 14.9. The SMILES string of the molecule is CC(C)[C@H]1CN(C)CCN1Cc1cc2c(c(C(F)(F)F)c1)CN(c1cc(C3(Cc4nncn4C)CCC3)cc(N)n1)C2=O. The van der Waals surface area contributed by atoms with Crippen LogP contribution in [0.5, 0.6) is 0 Å². The molecule has 43 heavy (non-hydrogen) atoms. The van der Waals surface area contributed by atoms with Crippen molar-refractivity contribution >= 4 is 17.5 Å². The Morgan fingerprint density at radius 3 is 2.51 bits per heavy atom. The Morgan fingerprint density at radius 2 is 1.88 bits per heavy atom. The van der Waals surface area contributed by atoms with Gasteiger partial charge in [-0.25, -0.2) is 4.98 Å². The van der Waals surface area contributed by atoms with Crippen LogP contribution in [0.2, 0.25) is 0 Å². The van der Waals surface area contributed by atoms with Gasteiger partial charge in [0.15, 0.2) is 0 Å². The average Bonchev–Trinajstić information content (AvgIpc) is 3.47. The summed E-state index contributed by atoms with van der Waals surface area (Å²) >= 11 is 0. The van der Waals surface area contributed by atoms with E-state index in [1.807, 2.05) is 23.7 Å². The van der Waals surface area contributed by atoms with Crippen LogP contribution in [0.25, 0.3) is 0 Å². The Bertz CT molecular complexity index is 1530. The van der Waals surface area contributed by atoms with Gasteiger partial charge in [0.1, 0.15) is 23.8 Å². The second-order valence-corrected chi connectivity index (χ2v) is 12.9. The molecule has 1 atom stereocenters. The smallest absolute Gasteiger partial charge is 0.384 e. The Labute approximate surface area is 249 Å². The summed E-state index contributed by atoms with van der Waals surface area (Å²) in [6.07, 6.45) is 0.548. The van der Waals surface area contributed by atoms with Crippen LogP contribution in [0, 0.1) is 5.92 Å². The molecule has 4 heterocycles. The number of amides is 1. The fourth-order valence-electron chi connectivity index (χ4n) is 6.97. The summed E-state index contributed by atoms with van der Waals surface area (Å²) in [5, 5.41) is 8.26. The van der Waals surface area contributed by atoms with Gasteiger partial charge in [-0.1, -0.05) is 20.3 Å². The molecule has 1 amide bonds. The van der Waals surface area contributed by atoms with Gasteiger partial charge >= 0.3 is 6.18 Å². The number of nitrogens with two attached hydrogens (primary N) is 1. The summed E-state index contributed by atoms with van der Waals surface area (Å²) in [4.78, 5) is 24.1. The summed E-state index contributed by atoms with van der Waals surface area (Å²) in [5.41, 5.74) is 6.74. The Kier molecular flexibility index (Phi) is 7.48. The van der Waals surface area contributed by atoms with E-state index in [-0.39, 0.29) is 40.8 Å². The van der Waals surface area contributed by atoms with E-state index >= 15 is 0 Å². The lowest BCUT2D eigenvalue weighted by Gasteiger charge is -2.42. The number of alkyl halides is 3. The number of fused-ring (bicyclic) bond motifs is 1. The van der Waals surface area contributed by atoms with Crippen molar-refractivity contribution in [3.63, 3.8) is 0 Å². The molecule has 12 heteroatoms. The minimum atomic E-state index is -4.60. The highest BCUT2D eigenvalue weighted by atomic mass is 19.4. The summed E-state index contributed by atoms with van der Waals surface area (Å²) in [6.45, 7) is 6.86. The van der Waals surface area contributed by atoms with Gasteiger partial charge in [0.2, 0.25) is 0 Å². The molecule has 3 aromatic rings. The van der Waals surface area contributed by atoms with E-state index in [2.05, 4.69) is 45.9 Å².